The van der Waals surface area contributed by atoms with Crippen molar-refractivity contribution in [2.75, 3.05) is 32.1 Å². The zero-order valence-electron chi connectivity index (χ0n) is 10.7. The number of nitrogens with zero attached hydrogens (tertiary/aromatic N) is 2. The molecule has 6 nitrogen and oxygen atoms in total. The predicted molar refractivity (Wildman–Crippen MR) is 70.7 cm³/mol. The third-order valence-electron chi connectivity index (χ3n) is 2.59. The van der Waals surface area contributed by atoms with Crippen LogP contribution in [0.2, 0.25) is 0 Å². The Hall–Kier alpha value is -1.66. The Balaban J connectivity index is 2.95. The number of nitro groups is 1. The summed E-state index contributed by atoms with van der Waals surface area (Å²) in [6.45, 7) is 3.90. The molecule has 0 amide bonds. The fraction of sp³-hybridized carbons (Fsp3) is 0.500. The Bertz CT molecular complexity index is 410. The molecule has 100 valence electrons. The van der Waals surface area contributed by atoms with E-state index >= 15 is 0 Å². The van der Waals surface area contributed by atoms with E-state index in [9.17, 15) is 10.1 Å². The van der Waals surface area contributed by atoms with Gasteiger partial charge in [-0.2, -0.15) is 0 Å². The van der Waals surface area contributed by atoms with Gasteiger partial charge in [0, 0.05) is 37.5 Å². The maximum atomic E-state index is 10.8. The number of hydrogen-bond acceptors (Lipinski definition) is 5. The molecule has 0 bridgehead atoms. The van der Waals surface area contributed by atoms with Gasteiger partial charge in [0.25, 0.3) is 5.69 Å². The molecule has 0 aliphatic heterocycles. The van der Waals surface area contributed by atoms with E-state index in [2.05, 4.69) is 5.32 Å². The monoisotopic (exact) mass is 253 g/mol. The molecule has 0 aliphatic rings. The van der Waals surface area contributed by atoms with Crippen molar-refractivity contribution in [3.63, 3.8) is 0 Å². The van der Waals surface area contributed by atoms with Crippen LogP contribution in [-0.4, -0.2) is 41.7 Å². The smallest absolute Gasteiger partial charge is 0.269 e. The fourth-order valence-corrected chi connectivity index (χ4v) is 1.73. The Morgan fingerprint density at radius 1 is 1.50 bits per heavy atom. The van der Waals surface area contributed by atoms with E-state index in [1.807, 2.05) is 18.9 Å². The van der Waals surface area contributed by atoms with Gasteiger partial charge in [-0.15, -0.1) is 0 Å². The lowest BCUT2D eigenvalue weighted by Gasteiger charge is -2.18. The van der Waals surface area contributed by atoms with Gasteiger partial charge in [-0.3, -0.25) is 15.0 Å². The standard InChI is InChI=1S/C12H19N3O3/c1-3-13-12-5-4-11(15(17)18)8-10(12)9-14(2)6-7-16/h4-5,8,13,16H,3,6-7,9H2,1-2H3. The van der Waals surface area contributed by atoms with Crippen LogP contribution < -0.4 is 5.32 Å². The quantitative estimate of drug-likeness (QED) is 0.568. The first kappa shape index (κ1) is 14.4. The van der Waals surface area contributed by atoms with Gasteiger partial charge in [0.05, 0.1) is 11.5 Å². The summed E-state index contributed by atoms with van der Waals surface area (Å²) in [4.78, 5) is 12.3. The Kier molecular flexibility index (Phi) is 5.54. The zero-order chi connectivity index (χ0) is 13.5. The molecule has 0 saturated heterocycles. The van der Waals surface area contributed by atoms with Crippen LogP contribution in [0.15, 0.2) is 18.2 Å². The molecular formula is C12H19N3O3. The molecule has 0 saturated carbocycles. The number of aliphatic hydroxyl groups excluding tert-OH is 1. The first-order valence-electron chi connectivity index (χ1n) is 5.89. The molecular weight excluding hydrogens is 234 g/mol. The van der Waals surface area contributed by atoms with E-state index in [-0.39, 0.29) is 12.3 Å². The molecule has 1 aromatic carbocycles. The molecule has 0 spiro atoms. The van der Waals surface area contributed by atoms with E-state index in [0.29, 0.717) is 13.1 Å². The molecule has 0 radical (unpaired) electrons. The van der Waals surface area contributed by atoms with Crippen molar-refractivity contribution >= 4 is 11.4 Å². The number of hydrogen-bond donors (Lipinski definition) is 2. The van der Waals surface area contributed by atoms with Gasteiger partial charge in [0.1, 0.15) is 0 Å². The van der Waals surface area contributed by atoms with Crippen LogP contribution in [0.25, 0.3) is 0 Å². The molecule has 2 N–H and O–H groups in total. The average Bonchev–Trinajstić information content (AvgIpc) is 2.31. The van der Waals surface area contributed by atoms with Crippen LogP contribution in [0.1, 0.15) is 12.5 Å². The number of rotatable bonds is 7. The Labute approximate surface area is 106 Å². The number of likely N-dealkylation sites (N-methyl/N-ethyl adjacent to an activating group) is 1. The predicted octanol–water partition coefficient (Wildman–Crippen LogP) is 1.45. The van der Waals surface area contributed by atoms with Crippen molar-refractivity contribution < 1.29 is 10.0 Å². The summed E-state index contributed by atoms with van der Waals surface area (Å²) in [6.07, 6.45) is 0. The molecule has 0 aromatic heterocycles. The normalized spacial score (nSPS) is 10.7. The van der Waals surface area contributed by atoms with E-state index in [1.165, 1.54) is 6.07 Å². The highest BCUT2D eigenvalue weighted by molar-refractivity contribution is 5.56. The van der Waals surface area contributed by atoms with Gasteiger partial charge in [0.15, 0.2) is 0 Å². The average molecular weight is 253 g/mol. The lowest BCUT2D eigenvalue weighted by Crippen LogP contribution is -2.22. The lowest BCUT2D eigenvalue weighted by atomic mass is 10.1. The SMILES string of the molecule is CCNc1ccc([N+](=O)[O-])cc1CN(C)CCO. The first-order valence-corrected chi connectivity index (χ1v) is 5.89. The lowest BCUT2D eigenvalue weighted by molar-refractivity contribution is -0.384. The molecule has 6 heteroatoms. The zero-order valence-corrected chi connectivity index (χ0v) is 10.7. The topological polar surface area (TPSA) is 78.6 Å². The molecule has 0 fully saturated rings. The molecule has 1 aromatic rings. The minimum atomic E-state index is -0.398. The van der Waals surface area contributed by atoms with Crippen LogP contribution in [-0.2, 0) is 6.54 Å². The van der Waals surface area contributed by atoms with E-state index in [1.54, 1.807) is 12.1 Å². The number of non-ortho nitro benzene ring substituents is 1. The molecule has 0 heterocycles. The van der Waals surface area contributed by atoms with Crippen LogP contribution >= 0.6 is 0 Å². The molecule has 18 heavy (non-hydrogen) atoms. The summed E-state index contributed by atoms with van der Waals surface area (Å²) in [6, 6.07) is 4.79. The molecule has 0 aliphatic carbocycles. The number of nitro benzene ring substituents is 1. The summed E-state index contributed by atoms with van der Waals surface area (Å²) < 4.78 is 0. The fourth-order valence-electron chi connectivity index (χ4n) is 1.73. The maximum absolute atomic E-state index is 10.8. The number of benzene rings is 1. The van der Waals surface area contributed by atoms with Gasteiger partial charge < -0.3 is 10.4 Å². The van der Waals surface area contributed by atoms with Crippen LogP contribution in [0, 0.1) is 10.1 Å². The van der Waals surface area contributed by atoms with Gasteiger partial charge in [-0.05, 0) is 25.6 Å². The minimum Gasteiger partial charge on any atom is -0.395 e. The van der Waals surface area contributed by atoms with Gasteiger partial charge >= 0.3 is 0 Å². The Morgan fingerprint density at radius 3 is 2.78 bits per heavy atom. The van der Waals surface area contributed by atoms with Crippen molar-refractivity contribution in [1.82, 2.24) is 4.90 Å². The molecule has 0 atom stereocenters. The highest BCUT2D eigenvalue weighted by Gasteiger charge is 2.11. The Morgan fingerprint density at radius 2 is 2.22 bits per heavy atom. The number of anilines is 1. The van der Waals surface area contributed by atoms with Crippen molar-refractivity contribution in [3.8, 4) is 0 Å². The molecule has 1 rings (SSSR count). The largest absolute Gasteiger partial charge is 0.395 e. The van der Waals surface area contributed by atoms with E-state index in [0.717, 1.165) is 17.8 Å². The summed E-state index contributed by atoms with van der Waals surface area (Å²) >= 11 is 0. The van der Waals surface area contributed by atoms with Gasteiger partial charge in [0.2, 0.25) is 0 Å². The van der Waals surface area contributed by atoms with Gasteiger partial charge in [-0.1, -0.05) is 0 Å². The highest BCUT2D eigenvalue weighted by atomic mass is 16.6. The third-order valence-corrected chi connectivity index (χ3v) is 2.59. The van der Waals surface area contributed by atoms with Crippen molar-refractivity contribution in [3.05, 3.63) is 33.9 Å². The second-order valence-electron chi connectivity index (χ2n) is 4.09. The summed E-state index contributed by atoms with van der Waals surface area (Å²) in [5, 5.41) is 22.8. The number of aliphatic hydroxyl groups is 1. The van der Waals surface area contributed by atoms with Crippen molar-refractivity contribution in [1.29, 1.82) is 0 Å². The second-order valence-corrected chi connectivity index (χ2v) is 4.09. The van der Waals surface area contributed by atoms with Crippen LogP contribution in [0.5, 0.6) is 0 Å². The summed E-state index contributed by atoms with van der Waals surface area (Å²) in [7, 11) is 1.87. The van der Waals surface area contributed by atoms with Gasteiger partial charge in [-0.25, -0.2) is 0 Å². The molecule has 0 unspecified atom stereocenters. The third kappa shape index (κ3) is 3.97. The van der Waals surface area contributed by atoms with Crippen molar-refractivity contribution in [2.45, 2.75) is 13.5 Å². The number of nitrogens with one attached hydrogen (secondary N) is 1. The highest BCUT2D eigenvalue weighted by Crippen LogP contribution is 2.23. The summed E-state index contributed by atoms with van der Waals surface area (Å²) in [5.41, 5.74) is 1.85. The van der Waals surface area contributed by atoms with Crippen molar-refractivity contribution in [2.24, 2.45) is 0 Å². The second kappa shape index (κ2) is 6.93. The van der Waals surface area contributed by atoms with Crippen LogP contribution in [0.3, 0.4) is 0 Å². The van der Waals surface area contributed by atoms with E-state index in [4.69, 9.17) is 5.11 Å². The first-order chi connectivity index (χ1) is 8.58. The minimum absolute atomic E-state index is 0.0714. The summed E-state index contributed by atoms with van der Waals surface area (Å²) in [5.74, 6) is 0. The van der Waals surface area contributed by atoms with E-state index < -0.39 is 4.92 Å². The maximum Gasteiger partial charge on any atom is 0.269 e. The van der Waals surface area contributed by atoms with Crippen LogP contribution in [0.4, 0.5) is 11.4 Å².